The highest BCUT2D eigenvalue weighted by atomic mass is 79.9. The third-order valence-electron chi connectivity index (χ3n) is 3.58. The molecule has 1 aliphatic rings. The maximum absolute atomic E-state index is 10.8. The number of halogens is 1. The minimum atomic E-state index is 0.723. The van der Waals surface area contributed by atoms with Gasteiger partial charge in [-0.3, -0.25) is 4.79 Å². The van der Waals surface area contributed by atoms with Crippen molar-refractivity contribution in [1.29, 1.82) is 0 Å². The summed E-state index contributed by atoms with van der Waals surface area (Å²) < 4.78 is 0.981. The molecule has 7 heteroatoms. The summed E-state index contributed by atoms with van der Waals surface area (Å²) >= 11 is 3.51. The first kappa shape index (κ1) is 14.8. The van der Waals surface area contributed by atoms with Crippen molar-refractivity contribution in [3.8, 4) is 0 Å². The van der Waals surface area contributed by atoms with Gasteiger partial charge in [0.15, 0.2) is 0 Å². The molecule has 1 aliphatic heterocycles. The van der Waals surface area contributed by atoms with E-state index in [0.29, 0.717) is 0 Å². The number of piperazine rings is 1. The highest BCUT2D eigenvalue weighted by molar-refractivity contribution is 9.10. The van der Waals surface area contributed by atoms with Crippen LogP contribution in [0, 0.1) is 0 Å². The second-order valence-electron chi connectivity index (χ2n) is 4.99. The summed E-state index contributed by atoms with van der Waals surface area (Å²) in [5, 5.41) is 3.28. The van der Waals surface area contributed by atoms with Gasteiger partial charge in [-0.1, -0.05) is 12.1 Å². The van der Waals surface area contributed by atoms with Gasteiger partial charge >= 0.3 is 0 Å². The van der Waals surface area contributed by atoms with Crippen LogP contribution in [0.25, 0.3) is 0 Å². The maximum Gasteiger partial charge on any atom is 0.209 e. The standard InChI is InChI=1S/C15H16BrN5O/c16-12-3-1-2-4-13(12)19-14-9-15(18-10-17-14)21-7-5-20(11-22)6-8-21/h1-4,9-11H,5-8H2,(H,17,18,19). The zero-order valence-electron chi connectivity index (χ0n) is 11.9. The van der Waals surface area contributed by atoms with E-state index in [4.69, 9.17) is 0 Å². The average Bonchev–Trinajstić information content (AvgIpc) is 2.57. The molecule has 0 saturated carbocycles. The van der Waals surface area contributed by atoms with Crippen LogP contribution in [0.2, 0.25) is 0 Å². The summed E-state index contributed by atoms with van der Waals surface area (Å²) in [5.41, 5.74) is 0.956. The molecule has 1 N–H and O–H groups in total. The lowest BCUT2D eigenvalue weighted by atomic mass is 10.3. The van der Waals surface area contributed by atoms with Crippen molar-refractivity contribution in [3.05, 3.63) is 41.1 Å². The summed E-state index contributed by atoms with van der Waals surface area (Å²) in [6.07, 6.45) is 2.46. The molecule has 1 aromatic heterocycles. The molecule has 6 nitrogen and oxygen atoms in total. The molecule has 1 saturated heterocycles. The Morgan fingerprint density at radius 1 is 1.14 bits per heavy atom. The molecule has 0 aliphatic carbocycles. The van der Waals surface area contributed by atoms with E-state index in [1.807, 2.05) is 30.3 Å². The molecule has 1 aromatic carbocycles. The minimum absolute atomic E-state index is 0.723. The van der Waals surface area contributed by atoms with Crippen LogP contribution in [-0.4, -0.2) is 47.5 Å². The third-order valence-corrected chi connectivity index (χ3v) is 4.27. The number of nitrogens with one attached hydrogen (secondary N) is 1. The minimum Gasteiger partial charge on any atom is -0.353 e. The Balaban J connectivity index is 1.73. The first-order valence-corrected chi connectivity index (χ1v) is 7.83. The fraction of sp³-hybridized carbons (Fsp3) is 0.267. The normalized spacial score (nSPS) is 14.8. The first-order chi connectivity index (χ1) is 10.8. The van der Waals surface area contributed by atoms with Gasteiger partial charge in [-0.05, 0) is 28.1 Å². The molecule has 2 aromatic rings. The van der Waals surface area contributed by atoms with Gasteiger partial charge in [0.05, 0.1) is 5.69 Å². The zero-order valence-corrected chi connectivity index (χ0v) is 13.5. The van der Waals surface area contributed by atoms with Gasteiger partial charge in [0.2, 0.25) is 6.41 Å². The molecule has 3 rings (SSSR count). The zero-order chi connectivity index (χ0) is 15.4. The van der Waals surface area contributed by atoms with Crippen LogP contribution in [-0.2, 0) is 4.79 Å². The second-order valence-corrected chi connectivity index (χ2v) is 5.85. The summed E-state index contributed by atoms with van der Waals surface area (Å²) in [4.78, 5) is 23.3. The highest BCUT2D eigenvalue weighted by Crippen LogP contribution is 2.25. The Morgan fingerprint density at radius 2 is 1.91 bits per heavy atom. The van der Waals surface area contributed by atoms with Gasteiger partial charge in [-0.25, -0.2) is 9.97 Å². The Kier molecular flexibility index (Phi) is 4.53. The van der Waals surface area contributed by atoms with Gasteiger partial charge in [0, 0.05) is 36.7 Å². The van der Waals surface area contributed by atoms with E-state index >= 15 is 0 Å². The number of para-hydroxylation sites is 1. The van der Waals surface area contributed by atoms with Crippen molar-refractivity contribution in [2.75, 3.05) is 36.4 Å². The van der Waals surface area contributed by atoms with Gasteiger partial charge in [-0.2, -0.15) is 0 Å². The molecule has 0 bridgehead atoms. The maximum atomic E-state index is 10.8. The number of benzene rings is 1. The smallest absolute Gasteiger partial charge is 0.209 e. The number of amides is 1. The number of carbonyl (C=O) groups excluding carboxylic acids is 1. The fourth-order valence-electron chi connectivity index (χ4n) is 2.35. The van der Waals surface area contributed by atoms with Crippen molar-refractivity contribution in [2.24, 2.45) is 0 Å². The van der Waals surface area contributed by atoms with E-state index in [0.717, 1.165) is 54.4 Å². The first-order valence-electron chi connectivity index (χ1n) is 7.04. The molecule has 1 amide bonds. The lowest BCUT2D eigenvalue weighted by molar-refractivity contribution is -0.118. The molecule has 0 spiro atoms. The van der Waals surface area contributed by atoms with E-state index in [1.54, 1.807) is 11.2 Å². The van der Waals surface area contributed by atoms with E-state index < -0.39 is 0 Å². The molecule has 1 fully saturated rings. The number of anilines is 3. The third kappa shape index (κ3) is 3.36. The Labute approximate surface area is 137 Å². The van der Waals surface area contributed by atoms with Crippen LogP contribution >= 0.6 is 15.9 Å². The average molecular weight is 362 g/mol. The van der Waals surface area contributed by atoms with Gasteiger partial charge < -0.3 is 15.1 Å². The quantitative estimate of drug-likeness (QED) is 0.846. The van der Waals surface area contributed by atoms with Crippen LogP contribution in [0.5, 0.6) is 0 Å². The molecular weight excluding hydrogens is 346 g/mol. The van der Waals surface area contributed by atoms with Crippen molar-refractivity contribution >= 4 is 39.7 Å². The van der Waals surface area contributed by atoms with Gasteiger partial charge in [-0.15, -0.1) is 0 Å². The monoisotopic (exact) mass is 361 g/mol. The van der Waals surface area contributed by atoms with E-state index in [2.05, 4.69) is 36.1 Å². The molecule has 2 heterocycles. The Morgan fingerprint density at radius 3 is 2.64 bits per heavy atom. The number of hydrogen-bond donors (Lipinski definition) is 1. The number of aromatic nitrogens is 2. The van der Waals surface area contributed by atoms with Crippen molar-refractivity contribution in [2.45, 2.75) is 0 Å². The van der Waals surface area contributed by atoms with Crippen LogP contribution in [0.15, 0.2) is 41.1 Å². The molecule has 22 heavy (non-hydrogen) atoms. The molecule has 0 atom stereocenters. The van der Waals surface area contributed by atoms with Crippen LogP contribution < -0.4 is 10.2 Å². The number of carbonyl (C=O) groups is 1. The van der Waals surface area contributed by atoms with Crippen LogP contribution in [0.1, 0.15) is 0 Å². The number of rotatable bonds is 4. The van der Waals surface area contributed by atoms with Crippen LogP contribution in [0.4, 0.5) is 17.3 Å². The number of nitrogens with zero attached hydrogens (tertiary/aromatic N) is 4. The van der Waals surface area contributed by atoms with Crippen LogP contribution in [0.3, 0.4) is 0 Å². The summed E-state index contributed by atoms with van der Waals surface area (Å²) in [6, 6.07) is 9.81. The predicted molar refractivity (Wildman–Crippen MR) is 89.3 cm³/mol. The fourth-order valence-corrected chi connectivity index (χ4v) is 2.73. The SMILES string of the molecule is O=CN1CCN(c2cc(Nc3ccccc3Br)ncn2)CC1. The van der Waals surface area contributed by atoms with Crippen molar-refractivity contribution in [1.82, 2.24) is 14.9 Å². The second kappa shape index (κ2) is 6.74. The lowest BCUT2D eigenvalue weighted by Gasteiger charge is -2.33. The van der Waals surface area contributed by atoms with E-state index in [-0.39, 0.29) is 0 Å². The summed E-state index contributed by atoms with van der Waals surface area (Å²) in [7, 11) is 0. The van der Waals surface area contributed by atoms with E-state index in [1.165, 1.54) is 0 Å². The van der Waals surface area contributed by atoms with Crippen molar-refractivity contribution < 1.29 is 4.79 Å². The Bertz CT molecular complexity index is 658. The lowest BCUT2D eigenvalue weighted by Crippen LogP contribution is -2.46. The van der Waals surface area contributed by atoms with Gasteiger partial charge in [0.25, 0.3) is 0 Å². The predicted octanol–water partition coefficient (Wildman–Crippen LogP) is 2.26. The summed E-state index contributed by atoms with van der Waals surface area (Å²) in [5.74, 6) is 1.62. The molecule has 0 unspecified atom stereocenters. The summed E-state index contributed by atoms with van der Waals surface area (Å²) in [6.45, 7) is 3.01. The van der Waals surface area contributed by atoms with Gasteiger partial charge in [0.1, 0.15) is 18.0 Å². The topological polar surface area (TPSA) is 61.4 Å². The van der Waals surface area contributed by atoms with Crippen molar-refractivity contribution in [3.63, 3.8) is 0 Å². The number of hydrogen-bond acceptors (Lipinski definition) is 5. The highest BCUT2D eigenvalue weighted by Gasteiger charge is 2.17. The molecular formula is C15H16BrN5O. The van der Waals surface area contributed by atoms with E-state index in [9.17, 15) is 4.79 Å². The Hall–Kier alpha value is -2.15. The molecule has 0 radical (unpaired) electrons. The molecule has 114 valence electrons. The largest absolute Gasteiger partial charge is 0.353 e.